The van der Waals surface area contributed by atoms with Gasteiger partial charge in [-0.3, -0.25) is 9.69 Å². The van der Waals surface area contributed by atoms with E-state index in [4.69, 9.17) is 0 Å². The van der Waals surface area contributed by atoms with Gasteiger partial charge in [-0.15, -0.1) is 0 Å². The fourth-order valence-corrected chi connectivity index (χ4v) is 5.19. The number of pyridine rings is 2. The summed E-state index contributed by atoms with van der Waals surface area (Å²) in [7, 11) is 0.211. The molecule has 1 aliphatic rings. The first-order valence-electron chi connectivity index (χ1n) is 9.82. The summed E-state index contributed by atoms with van der Waals surface area (Å²) >= 11 is 0. The average molecular weight is 482 g/mol. The highest BCUT2D eigenvalue weighted by Crippen LogP contribution is 2.35. The molecule has 9 nitrogen and oxygen atoms in total. The van der Waals surface area contributed by atoms with Gasteiger partial charge in [0, 0.05) is 45.0 Å². The van der Waals surface area contributed by atoms with Gasteiger partial charge in [-0.1, -0.05) is 0 Å². The summed E-state index contributed by atoms with van der Waals surface area (Å²) in [5.74, 6) is -0.848. The molecule has 4 heterocycles. The van der Waals surface area contributed by atoms with Crippen LogP contribution in [0.15, 0.2) is 36.5 Å². The molecule has 176 valence electrons. The molecule has 1 aliphatic heterocycles. The minimum atomic E-state index is -4.71. The lowest BCUT2D eigenvalue weighted by Gasteiger charge is -2.26. The van der Waals surface area contributed by atoms with Crippen molar-refractivity contribution in [3.63, 3.8) is 0 Å². The number of amides is 1. The molecular formula is C20H21F3N6O3S. The molecule has 0 N–H and O–H groups in total. The van der Waals surface area contributed by atoms with Crippen molar-refractivity contribution in [3.05, 3.63) is 47.8 Å². The maximum Gasteiger partial charge on any atom is 0.416 e. The average Bonchev–Trinajstić information content (AvgIpc) is 3.22. The second-order valence-corrected chi connectivity index (χ2v) is 9.77. The quantitative estimate of drug-likeness (QED) is 0.572. The van der Waals surface area contributed by atoms with Crippen molar-refractivity contribution in [2.24, 2.45) is 7.05 Å². The zero-order chi connectivity index (χ0) is 24.3. The van der Waals surface area contributed by atoms with Crippen molar-refractivity contribution >= 4 is 38.8 Å². The van der Waals surface area contributed by atoms with Gasteiger partial charge in [0.1, 0.15) is 23.3 Å². The molecule has 0 aromatic carbocycles. The van der Waals surface area contributed by atoms with Gasteiger partial charge in [0.2, 0.25) is 0 Å². The number of fused-ring (bicyclic) bond motifs is 1. The number of halogens is 3. The van der Waals surface area contributed by atoms with E-state index in [9.17, 15) is 26.4 Å². The second-order valence-electron chi connectivity index (χ2n) is 7.86. The van der Waals surface area contributed by atoms with E-state index in [0.29, 0.717) is 16.0 Å². The van der Waals surface area contributed by atoms with Crippen LogP contribution in [0.2, 0.25) is 0 Å². The van der Waals surface area contributed by atoms with E-state index in [1.165, 1.54) is 25.9 Å². The monoisotopic (exact) mass is 482 g/mol. The third-order valence-electron chi connectivity index (χ3n) is 5.51. The lowest BCUT2D eigenvalue weighted by Crippen LogP contribution is -2.47. The van der Waals surface area contributed by atoms with Gasteiger partial charge in [-0.25, -0.2) is 14.3 Å². The number of anilines is 2. The highest BCUT2D eigenvalue weighted by atomic mass is 32.2. The summed E-state index contributed by atoms with van der Waals surface area (Å²) in [5.41, 5.74) is -0.458. The van der Waals surface area contributed by atoms with Crippen molar-refractivity contribution < 1.29 is 26.4 Å². The van der Waals surface area contributed by atoms with Crippen LogP contribution < -0.4 is 9.21 Å². The molecule has 0 aliphatic carbocycles. The van der Waals surface area contributed by atoms with E-state index in [1.807, 2.05) is 12.3 Å². The van der Waals surface area contributed by atoms with Gasteiger partial charge >= 0.3 is 16.4 Å². The second kappa shape index (κ2) is 7.70. The number of hydrogen-bond donors (Lipinski definition) is 0. The van der Waals surface area contributed by atoms with Gasteiger partial charge in [-0.05, 0) is 37.3 Å². The summed E-state index contributed by atoms with van der Waals surface area (Å²) < 4.78 is 69.3. The van der Waals surface area contributed by atoms with Crippen molar-refractivity contribution in [2.75, 3.05) is 29.8 Å². The molecule has 0 saturated carbocycles. The van der Waals surface area contributed by atoms with E-state index in [0.717, 1.165) is 15.8 Å². The maximum absolute atomic E-state index is 13.4. The molecule has 1 fully saturated rings. The van der Waals surface area contributed by atoms with E-state index in [-0.39, 0.29) is 18.1 Å². The first kappa shape index (κ1) is 23.0. The normalized spacial score (nSPS) is 18.8. The van der Waals surface area contributed by atoms with Crippen LogP contribution in [0.5, 0.6) is 0 Å². The number of nitrogens with zero attached hydrogens (tertiary/aromatic N) is 6. The summed E-state index contributed by atoms with van der Waals surface area (Å²) in [4.78, 5) is 23.0. The van der Waals surface area contributed by atoms with Crippen LogP contribution in [0.4, 0.5) is 24.8 Å². The van der Waals surface area contributed by atoms with E-state index in [1.54, 1.807) is 23.7 Å². The van der Waals surface area contributed by atoms with Crippen LogP contribution in [-0.2, 0) is 28.2 Å². The fraction of sp³-hybridized carbons (Fsp3) is 0.350. The van der Waals surface area contributed by atoms with Gasteiger partial charge < -0.3 is 4.57 Å². The molecule has 1 atom stereocenters. The SMILES string of the molecule is Cc1cc(C(F)(F)F)cc(N2[C@H](C(=O)N(C)c3ccc4ccn(C)c4n3)CN(C)S2(=O)=O)n1. The Morgan fingerprint density at radius 3 is 2.52 bits per heavy atom. The minimum absolute atomic E-state index is 0.0278. The molecule has 33 heavy (non-hydrogen) atoms. The van der Waals surface area contributed by atoms with Crippen molar-refractivity contribution in [2.45, 2.75) is 19.1 Å². The Labute approximate surface area is 188 Å². The van der Waals surface area contributed by atoms with Crippen molar-refractivity contribution in [3.8, 4) is 0 Å². The van der Waals surface area contributed by atoms with Crippen LogP contribution in [0, 0.1) is 6.92 Å². The lowest BCUT2D eigenvalue weighted by atomic mass is 10.2. The number of aromatic nitrogens is 3. The fourth-order valence-electron chi connectivity index (χ4n) is 3.75. The minimum Gasteiger partial charge on any atom is -0.336 e. The summed E-state index contributed by atoms with van der Waals surface area (Å²) in [6.45, 7) is 1.07. The molecule has 3 aromatic rings. The van der Waals surface area contributed by atoms with Crippen molar-refractivity contribution in [1.82, 2.24) is 18.8 Å². The van der Waals surface area contributed by atoms with E-state index < -0.39 is 39.7 Å². The zero-order valence-corrected chi connectivity index (χ0v) is 19.0. The molecule has 4 rings (SSSR count). The predicted octanol–water partition coefficient (Wildman–Crippen LogP) is 2.32. The molecule has 3 aromatic heterocycles. The number of alkyl halides is 3. The lowest BCUT2D eigenvalue weighted by molar-refractivity contribution is -0.137. The molecule has 0 bridgehead atoms. The van der Waals surface area contributed by atoms with Crippen LogP contribution >= 0.6 is 0 Å². The Hall–Kier alpha value is -3.19. The third kappa shape index (κ3) is 3.91. The molecule has 0 spiro atoms. The smallest absolute Gasteiger partial charge is 0.336 e. The van der Waals surface area contributed by atoms with Crippen molar-refractivity contribution in [1.29, 1.82) is 0 Å². The largest absolute Gasteiger partial charge is 0.416 e. The first-order chi connectivity index (χ1) is 15.3. The Bertz CT molecular complexity index is 1350. The predicted molar refractivity (Wildman–Crippen MR) is 116 cm³/mol. The maximum atomic E-state index is 13.4. The molecule has 13 heteroatoms. The van der Waals surface area contributed by atoms with Crippen LogP contribution in [-0.4, -0.2) is 59.8 Å². The van der Waals surface area contributed by atoms with Crippen LogP contribution in [0.3, 0.4) is 0 Å². The Morgan fingerprint density at radius 2 is 1.85 bits per heavy atom. The van der Waals surface area contributed by atoms with Gasteiger partial charge in [0.15, 0.2) is 0 Å². The highest BCUT2D eigenvalue weighted by molar-refractivity contribution is 7.90. The third-order valence-corrected chi connectivity index (χ3v) is 7.39. The van der Waals surface area contributed by atoms with Gasteiger partial charge in [-0.2, -0.15) is 25.9 Å². The number of rotatable bonds is 3. The van der Waals surface area contributed by atoms with E-state index >= 15 is 0 Å². The number of likely N-dealkylation sites (N-methyl/N-ethyl adjacent to an activating group) is 2. The number of aryl methyl sites for hydroxylation is 2. The number of carbonyl (C=O) groups excluding carboxylic acids is 1. The Morgan fingerprint density at radius 1 is 1.15 bits per heavy atom. The molecule has 0 radical (unpaired) electrons. The standard InChI is InChI=1S/C20H21F3N6O3S/c1-12-9-14(20(21,22)23)10-17(24-12)29-15(11-27(3)33(29,31)32)19(30)28(4)16-6-5-13-7-8-26(2)18(13)25-16/h5-10,15H,11H2,1-4H3/t15-/m0/s1. The Kier molecular flexibility index (Phi) is 5.36. The Balaban J connectivity index is 1.76. The van der Waals surface area contributed by atoms with Gasteiger partial charge in [0.05, 0.1) is 5.56 Å². The summed E-state index contributed by atoms with van der Waals surface area (Å²) in [5, 5.41) is 0.857. The topological polar surface area (TPSA) is 91.6 Å². The highest BCUT2D eigenvalue weighted by Gasteiger charge is 2.48. The van der Waals surface area contributed by atoms with Crippen LogP contribution in [0.25, 0.3) is 11.0 Å². The summed E-state index contributed by atoms with van der Waals surface area (Å²) in [6, 6.07) is 5.37. The molecule has 1 saturated heterocycles. The molecular weight excluding hydrogens is 461 g/mol. The van der Waals surface area contributed by atoms with E-state index in [2.05, 4.69) is 9.97 Å². The molecule has 0 unspecified atom stereocenters. The summed E-state index contributed by atoms with van der Waals surface area (Å²) in [6.07, 6.45) is -2.90. The van der Waals surface area contributed by atoms with Gasteiger partial charge in [0.25, 0.3) is 5.91 Å². The molecule has 1 amide bonds. The number of carbonyl (C=O) groups is 1. The first-order valence-corrected chi connectivity index (χ1v) is 11.2. The van der Waals surface area contributed by atoms with Crippen LogP contribution in [0.1, 0.15) is 11.3 Å². The number of hydrogen-bond acceptors (Lipinski definition) is 5. The zero-order valence-electron chi connectivity index (χ0n) is 18.2.